The molecule has 4 nitrogen and oxygen atoms in total. The van der Waals surface area contributed by atoms with Gasteiger partial charge in [0.25, 0.3) is 0 Å². The van der Waals surface area contributed by atoms with Crippen molar-refractivity contribution in [1.82, 2.24) is 4.57 Å². The summed E-state index contributed by atoms with van der Waals surface area (Å²) in [4.78, 5) is 11.2. The molecule has 136 valence electrons. The minimum absolute atomic E-state index is 0.302. The molecule has 0 amide bonds. The lowest BCUT2D eigenvalue weighted by Gasteiger charge is -2.15. The van der Waals surface area contributed by atoms with Gasteiger partial charge in [-0.1, -0.05) is 37.8 Å². The topological polar surface area (TPSA) is 51.5 Å². The minimum atomic E-state index is -1.07. The van der Waals surface area contributed by atoms with E-state index in [0.717, 1.165) is 34.7 Å². The molecule has 1 aromatic heterocycles. The molecular weight excluding hydrogens is 342 g/mol. The number of carboxylic acid groups (broad SMARTS) is 1. The highest BCUT2D eigenvalue weighted by Gasteiger charge is 2.12. The van der Waals surface area contributed by atoms with E-state index < -0.39 is 14.0 Å². The zero-order chi connectivity index (χ0) is 18.7. The van der Waals surface area contributed by atoms with Gasteiger partial charge in [-0.25, -0.2) is 4.79 Å². The Hall–Kier alpha value is -2.37. The van der Waals surface area contributed by atoms with Crippen LogP contribution >= 0.6 is 0 Å². The molecule has 0 atom stereocenters. The molecule has 0 unspecified atom stereocenters. The summed E-state index contributed by atoms with van der Waals surface area (Å²) in [5, 5.41) is 10.3. The zero-order valence-corrected chi connectivity index (χ0v) is 16.5. The average molecular weight is 368 g/mol. The van der Waals surface area contributed by atoms with Crippen LogP contribution in [0.5, 0.6) is 0 Å². The second-order valence-corrected chi connectivity index (χ2v) is 13.4. The minimum Gasteiger partial charge on any atom is -0.478 e. The van der Waals surface area contributed by atoms with Crippen molar-refractivity contribution in [3.05, 3.63) is 60.3 Å². The maximum Gasteiger partial charge on any atom is 0.335 e. The summed E-state index contributed by atoms with van der Waals surface area (Å²) in [7, 11) is -1.07. The molecule has 0 aliphatic rings. The Morgan fingerprint density at radius 1 is 1.08 bits per heavy atom. The molecule has 3 rings (SSSR count). The fourth-order valence-electron chi connectivity index (χ4n) is 2.87. The monoisotopic (exact) mass is 367 g/mol. The number of aromatic nitrogens is 1. The third-order valence-corrected chi connectivity index (χ3v) is 6.14. The average Bonchev–Trinajstić information content (AvgIpc) is 3.00. The molecule has 3 aromatic rings. The predicted octanol–water partition coefficient (Wildman–Crippen LogP) is 5.32. The molecule has 0 saturated heterocycles. The third kappa shape index (κ3) is 4.42. The Bertz CT molecular complexity index is 924. The van der Waals surface area contributed by atoms with E-state index in [1.54, 1.807) is 18.2 Å². The van der Waals surface area contributed by atoms with Gasteiger partial charge < -0.3 is 14.4 Å². The van der Waals surface area contributed by atoms with E-state index in [0.29, 0.717) is 12.3 Å². The van der Waals surface area contributed by atoms with E-state index in [4.69, 9.17) is 9.84 Å². The summed E-state index contributed by atoms with van der Waals surface area (Å²) >= 11 is 0. The highest BCUT2D eigenvalue weighted by atomic mass is 28.3. The van der Waals surface area contributed by atoms with Crippen LogP contribution in [0.3, 0.4) is 0 Å². The van der Waals surface area contributed by atoms with E-state index >= 15 is 0 Å². The molecule has 0 bridgehead atoms. The van der Waals surface area contributed by atoms with Gasteiger partial charge in [0.15, 0.2) is 0 Å². The third-order valence-electron chi connectivity index (χ3n) is 4.44. The molecule has 0 fully saturated rings. The molecule has 0 radical (unpaired) electrons. The Morgan fingerprint density at radius 2 is 1.85 bits per heavy atom. The Morgan fingerprint density at radius 3 is 2.58 bits per heavy atom. The number of hydrogen-bond donors (Lipinski definition) is 1. The number of hydrogen-bond acceptors (Lipinski definition) is 2. The summed E-state index contributed by atoms with van der Waals surface area (Å²) < 4.78 is 7.96. The van der Waals surface area contributed by atoms with Gasteiger partial charge in [-0.15, -0.1) is 0 Å². The quantitative estimate of drug-likeness (QED) is 0.454. The normalized spacial score (nSPS) is 11.8. The first-order valence-corrected chi connectivity index (χ1v) is 12.5. The van der Waals surface area contributed by atoms with Gasteiger partial charge in [-0.2, -0.15) is 0 Å². The van der Waals surface area contributed by atoms with E-state index in [1.165, 1.54) is 0 Å². The molecule has 1 heterocycles. The van der Waals surface area contributed by atoms with Crippen LogP contribution in [0, 0.1) is 0 Å². The number of aromatic carboxylic acids is 1. The molecule has 0 spiro atoms. The van der Waals surface area contributed by atoms with Gasteiger partial charge in [-0.05, 0) is 47.5 Å². The molecular formula is C21H25NO3Si. The summed E-state index contributed by atoms with van der Waals surface area (Å²) in [5.74, 6) is -0.908. The lowest BCUT2D eigenvalue weighted by Crippen LogP contribution is -2.21. The van der Waals surface area contributed by atoms with Crippen LogP contribution in [0.4, 0.5) is 0 Å². The van der Waals surface area contributed by atoms with Crippen molar-refractivity contribution in [3.63, 3.8) is 0 Å². The lowest BCUT2D eigenvalue weighted by molar-refractivity contribution is 0.0697. The molecule has 26 heavy (non-hydrogen) atoms. The van der Waals surface area contributed by atoms with Crippen molar-refractivity contribution in [2.24, 2.45) is 0 Å². The summed E-state index contributed by atoms with van der Waals surface area (Å²) in [6.07, 6.45) is 2.04. The lowest BCUT2D eigenvalue weighted by atomic mass is 10.0. The van der Waals surface area contributed by atoms with Crippen LogP contribution in [0.15, 0.2) is 54.7 Å². The Balaban J connectivity index is 1.77. The maximum absolute atomic E-state index is 11.2. The van der Waals surface area contributed by atoms with Crippen molar-refractivity contribution < 1.29 is 14.6 Å². The number of ether oxygens (including phenoxy) is 1. The zero-order valence-electron chi connectivity index (χ0n) is 15.5. The molecule has 0 aliphatic carbocycles. The first kappa shape index (κ1) is 18.4. The Kier molecular flexibility index (Phi) is 5.30. The number of carboxylic acids is 1. The Labute approximate surface area is 155 Å². The van der Waals surface area contributed by atoms with Crippen LogP contribution in [0.25, 0.3) is 22.0 Å². The summed E-state index contributed by atoms with van der Waals surface area (Å²) in [5.41, 5.74) is 3.34. The van der Waals surface area contributed by atoms with Gasteiger partial charge in [0.1, 0.15) is 6.73 Å². The highest BCUT2D eigenvalue weighted by molar-refractivity contribution is 6.76. The van der Waals surface area contributed by atoms with E-state index in [-0.39, 0.29) is 0 Å². The van der Waals surface area contributed by atoms with Crippen molar-refractivity contribution in [3.8, 4) is 11.1 Å². The number of fused-ring (bicyclic) bond motifs is 1. The van der Waals surface area contributed by atoms with Gasteiger partial charge in [0, 0.05) is 26.3 Å². The number of benzene rings is 2. The summed E-state index contributed by atoms with van der Waals surface area (Å²) in [6.45, 7) is 8.41. The molecule has 2 aromatic carbocycles. The van der Waals surface area contributed by atoms with Crippen molar-refractivity contribution in [2.45, 2.75) is 32.4 Å². The second-order valence-electron chi connectivity index (χ2n) is 7.79. The fraction of sp³-hybridized carbons (Fsp3) is 0.286. The molecule has 0 aliphatic heterocycles. The number of rotatable bonds is 7. The standard InChI is InChI=1S/C21H25NO3Si/c1-26(2,3)12-11-25-15-22-10-9-18-13-17(7-8-20(18)22)16-5-4-6-19(14-16)21(23)24/h4-10,13-14H,11-12,15H2,1-3H3,(H,23,24). The van der Waals surface area contributed by atoms with Crippen molar-refractivity contribution in [1.29, 1.82) is 0 Å². The molecule has 1 N–H and O–H groups in total. The smallest absolute Gasteiger partial charge is 0.335 e. The number of carbonyl (C=O) groups is 1. The fourth-order valence-corrected chi connectivity index (χ4v) is 3.62. The predicted molar refractivity (Wildman–Crippen MR) is 108 cm³/mol. The van der Waals surface area contributed by atoms with E-state index in [2.05, 4.69) is 42.4 Å². The van der Waals surface area contributed by atoms with Gasteiger partial charge in [-0.3, -0.25) is 0 Å². The van der Waals surface area contributed by atoms with Crippen LogP contribution in [0.1, 0.15) is 10.4 Å². The maximum atomic E-state index is 11.2. The van der Waals surface area contributed by atoms with Gasteiger partial charge in [0.05, 0.1) is 11.1 Å². The van der Waals surface area contributed by atoms with Crippen LogP contribution < -0.4 is 0 Å². The molecule has 5 heteroatoms. The highest BCUT2D eigenvalue weighted by Crippen LogP contribution is 2.26. The van der Waals surface area contributed by atoms with Crippen molar-refractivity contribution >= 4 is 24.9 Å². The van der Waals surface area contributed by atoms with E-state index in [1.807, 2.05) is 18.3 Å². The first-order valence-electron chi connectivity index (χ1n) is 8.84. The largest absolute Gasteiger partial charge is 0.478 e. The van der Waals surface area contributed by atoms with Gasteiger partial charge in [0.2, 0.25) is 0 Å². The SMILES string of the molecule is C[Si](C)(C)CCOCn1ccc2cc(-c3cccc(C(=O)O)c3)ccc21. The van der Waals surface area contributed by atoms with Gasteiger partial charge >= 0.3 is 5.97 Å². The van der Waals surface area contributed by atoms with Crippen molar-refractivity contribution in [2.75, 3.05) is 6.61 Å². The van der Waals surface area contributed by atoms with Crippen LogP contribution in [-0.2, 0) is 11.5 Å². The van der Waals surface area contributed by atoms with Crippen LogP contribution in [-0.4, -0.2) is 30.3 Å². The summed E-state index contributed by atoms with van der Waals surface area (Å²) in [6, 6.07) is 16.5. The van der Waals surface area contributed by atoms with E-state index in [9.17, 15) is 4.79 Å². The second kappa shape index (κ2) is 7.48. The van der Waals surface area contributed by atoms with Crippen LogP contribution in [0.2, 0.25) is 25.7 Å². The number of nitrogens with zero attached hydrogens (tertiary/aromatic N) is 1. The molecule has 0 saturated carbocycles. The first-order chi connectivity index (χ1) is 12.3.